The van der Waals surface area contributed by atoms with Crippen LogP contribution in [0.15, 0.2) is 78.0 Å². The lowest BCUT2D eigenvalue weighted by Crippen LogP contribution is -2.15. The molecule has 184 valence electrons. The van der Waals surface area contributed by atoms with Gasteiger partial charge in [-0.25, -0.2) is 0 Å². The Hall–Kier alpha value is -3.82. The monoisotopic (exact) mass is 521 g/mol. The maximum absolute atomic E-state index is 12.6. The number of para-hydroxylation sites is 1. The summed E-state index contributed by atoms with van der Waals surface area (Å²) < 4.78 is 7.16. The number of nitrogens with zero attached hydrogens (tertiary/aromatic N) is 3. The van der Waals surface area contributed by atoms with Crippen LogP contribution in [0.4, 0.5) is 11.4 Å². The zero-order valence-electron chi connectivity index (χ0n) is 19.7. The molecule has 0 unspecified atom stereocenters. The molecule has 0 radical (unpaired) electrons. The number of rotatable bonds is 10. The number of anilines is 2. The van der Waals surface area contributed by atoms with Gasteiger partial charge in [0.05, 0.1) is 30.1 Å². The maximum Gasteiger partial charge on any atom is 0.234 e. The highest BCUT2D eigenvalue weighted by atomic mass is 35.5. The second-order valence-electron chi connectivity index (χ2n) is 7.74. The van der Waals surface area contributed by atoms with Crippen LogP contribution in [0, 0.1) is 0 Å². The van der Waals surface area contributed by atoms with Crippen molar-refractivity contribution >= 4 is 46.4 Å². The van der Waals surface area contributed by atoms with E-state index in [1.165, 1.54) is 18.7 Å². The van der Waals surface area contributed by atoms with Crippen LogP contribution in [0.25, 0.3) is 5.69 Å². The van der Waals surface area contributed by atoms with Gasteiger partial charge in [0.25, 0.3) is 0 Å². The summed E-state index contributed by atoms with van der Waals surface area (Å²) in [4.78, 5) is 24.3. The smallest absolute Gasteiger partial charge is 0.234 e. The quantitative estimate of drug-likeness (QED) is 0.211. The molecule has 0 bridgehead atoms. The van der Waals surface area contributed by atoms with E-state index in [0.717, 1.165) is 17.1 Å². The minimum absolute atomic E-state index is 0.0639. The van der Waals surface area contributed by atoms with Crippen LogP contribution in [0.5, 0.6) is 5.75 Å². The van der Waals surface area contributed by atoms with Gasteiger partial charge in [-0.1, -0.05) is 47.6 Å². The van der Waals surface area contributed by atoms with Gasteiger partial charge in [-0.3, -0.25) is 14.2 Å². The van der Waals surface area contributed by atoms with Gasteiger partial charge in [-0.2, -0.15) is 0 Å². The molecule has 36 heavy (non-hydrogen) atoms. The number of carbonyl (C=O) groups is 2. The molecule has 0 aliphatic rings. The summed E-state index contributed by atoms with van der Waals surface area (Å²) >= 11 is 7.54. The molecule has 0 saturated carbocycles. The van der Waals surface area contributed by atoms with Crippen molar-refractivity contribution in [1.29, 1.82) is 0 Å². The van der Waals surface area contributed by atoms with E-state index in [4.69, 9.17) is 16.3 Å². The van der Waals surface area contributed by atoms with Crippen LogP contribution >= 0.6 is 23.4 Å². The van der Waals surface area contributed by atoms with E-state index in [1.54, 1.807) is 31.4 Å². The Morgan fingerprint density at radius 1 is 1.03 bits per heavy atom. The highest BCUT2D eigenvalue weighted by molar-refractivity contribution is 7.99. The molecular weight excluding hydrogens is 498 g/mol. The van der Waals surface area contributed by atoms with Crippen molar-refractivity contribution in [3.8, 4) is 11.4 Å². The molecule has 1 amide bonds. The predicted octanol–water partition coefficient (Wildman–Crippen LogP) is 5.47. The highest BCUT2D eigenvalue weighted by Gasteiger charge is 2.17. The van der Waals surface area contributed by atoms with Crippen molar-refractivity contribution in [2.75, 3.05) is 23.5 Å². The Morgan fingerprint density at radius 3 is 2.53 bits per heavy atom. The van der Waals surface area contributed by atoms with Crippen LogP contribution in [0.3, 0.4) is 0 Å². The zero-order valence-corrected chi connectivity index (χ0v) is 21.3. The summed E-state index contributed by atoms with van der Waals surface area (Å²) in [7, 11) is 1.61. The molecular formula is C26H24ClN5O3S. The highest BCUT2D eigenvalue weighted by Crippen LogP contribution is 2.26. The van der Waals surface area contributed by atoms with Crippen LogP contribution in [0.2, 0.25) is 5.02 Å². The number of ether oxygens (including phenoxy) is 1. The first kappa shape index (κ1) is 25.3. The number of aromatic nitrogens is 3. The number of methoxy groups -OCH3 is 1. The largest absolute Gasteiger partial charge is 0.497 e. The van der Waals surface area contributed by atoms with Crippen LogP contribution in [-0.4, -0.2) is 39.3 Å². The molecule has 1 heterocycles. The predicted molar refractivity (Wildman–Crippen MR) is 142 cm³/mol. The topological polar surface area (TPSA) is 98.1 Å². The Kier molecular flexibility index (Phi) is 8.24. The molecule has 0 aliphatic carbocycles. The average Bonchev–Trinajstić information content (AvgIpc) is 3.30. The standard InChI is InChI=1S/C26H24ClN5O3S/c1-17(33)18-6-5-7-19(14-18)29-25(34)16-36-26-31-30-24(15-28-23-9-4-3-8-22(23)27)32(26)20-10-12-21(35-2)13-11-20/h3-14,28H,15-16H2,1-2H3,(H,29,34). The number of carbonyl (C=O) groups excluding carboxylic acids is 2. The molecule has 4 aromatic rings. The fourth-order valence-electron chi connectivity index (χ4n) is 3.42. The number of nitrogens with one attached hydrogen (secondary N) is 2. The third-order valence-corrected chi connectivity index (χ3v) is 6.49. The third-order valence-electron chi connectivity index (χ3n) is 5.23. The lowest BCUT2D eigenvalue weighted by molar-refractivity contribution is -0.113. The Bertz CT molecular complexity index is 1370. The lowest BCUT2D eigenvalue weighted by Gasteiger charge is -2.13. The first-order chi connectivity index (χ1) is 17.4. The van der Waals surface area contributed by atoms with E-state index >= 15 is 0 Å². The van der Waals surface area contributed by atoms with Crippen molar-refractivity contribution in [3.63, 3.8) is 0 Å². The van der Waals surface area contributed by atoms with Gasteiger partial charge in [-0.05, 0) is 55.5 Å². The van der Waals surface area contributed by atoms with Crippen molar-refractivity contribution in [2.45, 2.75) is 18.6 Å². The minimum Gasteiger partial charge on any atom is -0.497 e. The Balaban J connectivity index is 1.52. The van der Waals surface area contributed by atoms with Crippen LogP contribution in [0.1, 0.15) is 23.1 Å². The van der Waals surface area contributed by atoms with Gasteiger partial charge >= 0.3 is 0 Å². The number of ketones is 1. The lowest BCUT2D eigenvalue weighted by atomic mass is 10.1. The molecule has 8 nitrogen and oxygen atoms in total. The second-order valence-corrected chi connectivity index (χ2v) is 9.09. The summed E-state index contributed by atoms with van der Waals surface area (Å²) in [5, 5.41) is 16.0. The summed E-state index contributed by atoms with van der Waals surface area (Å²) in [6, 6.07) is 21.8. The fourth-order valence-corrected chi connectivity index (χ4v) is 4.39. The third kappa shape index (κ3) is 6.24. The zero-order chi connectivity index (χ0) is 25.5. The van der Waals surface area contributed by atoms with Crippen molar-refractivity contribution < 1.29 is 14.3 Å². The second kappa shape index (κ2) is 11.7. The van der Waals surface area contributed by atoms with E-state index in [9.17, 15) is 9.59 Å². The summed E-state index contributed by atoms with van der Waals surface area (Å²) in [5.41, 5.74) is 2.71. The molecule has 2 N–H and O–H groups in total. The molecule has 1 aromatic heterocycles. The number of halogens is 1. The van der Waals surface area contributed by atoms with Gasteiger partial charge in [0.2, 0.25) is 5.91 Å². The molecule has 0 spiro atoms. The van der Waals surface area contributed by atoms with E-state index in [0.29, 0.717) is 33.8 Å². The summed E-state index contributed by atoms with van der Waals surface area (Å²) in [6.07, 6.45) is 0. The average molecular weight is 522 g/mol. The van der Waals surface area contributed by atoms with Crippen molar-refractivity contribution in [3.05, 3.63) is 89.2 Å². The van der Waals surface area contributed by atoms with Crippen LogP contribution < -0.4 is 15.4 Å². The molecule has 0 fully saturated rings. The van der Waals surface area contributed by atoms with E-state index in [-0.39, 0.29) is 17.4 Å². The van der Waals surface area contributed by atoms with Crippen molar-refractivity contribution in [2.24, 2.45) is 0 Å². The Morgan fingerprint density at radius 2 is 1.81 bits per heavy atom. The molecule has 0 aliphatic heterocycles. The number of benzene rings is 3. The van der Waals surface area contributed by atoms with Gasteiger partial charge in [-0.15, -0.1) is 10.2 Å². The summed E-state index contributed by atoms with van der Waals surface area (Å²) in [6.45, 7) is 1.86. The first-order valence-corrected chi connectivity index (χ1v) is 12.4. The van der Waals surface area contributed by atoms with Crippen LogP contribution in [-0.2, 0) is 11.3 Å². The summed E-state index contributed by atoms with van der Waals surface area (Å²) in [5.74, 6) is 1.20. The fraction of sp³-hybridized carbons (Fsp3) is 0.154. The maximum atomic E-state index is 12.6. The van der Waals surface area contributed by atoms with Gasteiger partial charge < -0.3 is 15.4 Å². The minimum atomic E-state index is -0.222. The van der Waals surface area contributed by atoms with E-state index in [2.05, 4.69) is 20.8 Å². The number of hydrogen-bond acceptors (Lipinski definition) is 7. The number of amides is 1. The first-order valence-electron chi connectivity index (χ1n) is 11.1. The Labute approximate surface area is 218 Å². The number of Topliss-reactive ketones (excluding diaryl/α,β-unsaturated/α-hetero) is 1. The molecule has 4 rings (SSSR count). The van der Waals surface area contributed by atoms with E-state index in [1.807, 2.05) is 53.1 Å². The number of thioether (sulfide) groups is 1. The number of hydrogen-bond donors (Lipinski definition) is 2. The molecule has 3 aromatic carbocycles. The molecule has 10 heteroatoms. The SMILES string of the molecule is COc1ccc(-n2c(CNc3ccccc3Cl)nnc2SCC(=O)Nc2cccc(C(C)=O)c2)cc1. The molecule has 0 atom stereocenters. The normalized spacial score (nSPS) is 10.6. The van der Waals surface area contributed by atoms with Gasteiger partial charge in [0, 0.05) is 16.9 Å². The van der Waals surface area contributed by atoms with Gasteiger partial charge in [0.1, 0.15) is 5.75 Å². The van der Waals surface area contributed by atoms with Crippen molar-refractivity contribution in [1.82, 2.24) is 14.8 Å². The molecule has 0 saturated heterocycles. The van der Waals surface area contributed by atoms with E-state index < -0.39 is 0 Å². The van der Waals surface area contributed by atoms with Gasteiger partial charge in [0.15, 0.2) is 16.8 Å².